The van der Waals surface area contributed by atoms with Gasteiger partial charge in [-0.3, -0.25) is 0 Å². The molecule has 1 aromatic rings. The van der Waals surface area contributed by atoms with E-state index in [9.17, 15) is 4.79 Å². The minimum absolute atomic E-state index is 0.0482. The van der Waals surface area contributed by atoms with Crippen LogP contribution in [0.2, 0.25) is 0 Å². The number of hydrogen-bond donors (Lipinski definition) is 2. The predicted octanol–water partition coefficient (Wildman–Crippen LogP) is 1.62. The van der Waals surface area contributed by atoms with E-state index in [1.54, 1.807) is 12.1 Å². The third kappa shape index (κ3) is 3.69. The number of methoxy groups -OCH3 is 3. The van der Waals surface area contributed by atoms with Gasteiger partial charge in [-0.1, -0.05) is 0 Å². The maximum absolute atomic E-state index is 11.9. The van der Waals surface area contributed by atoms with Crippen molar-refractivity contribution in [2.45, 2.75) is 12.5 Å². The summed E-state index contributed by atoms with van der Waals surface area (Å²) in [6.07, 6.45) is 0.822. The molecule has 2 rings (SSSR count). The third-order valence-electron chi connectivity index (χ3n) is 3.19. The molecule has 2 N–H and O–H groups in total. The van der Waals surface area contributed by atoms with Gasteiger partial charge in [0, 0.05) is 18.7 Å². The van der Waals surface area contributed by atoms with Gasteiger partial charge in [0.15, 0.2) is 11.5 Å². The molecule has 7 heteroatoms. The highest BCUT2D eigenvalue weighted by Crippen LogP contribution is 2.39. The van der Waals surface area contributed by atoms with E-state index in [0.717, 1.165) is 6.42 Å². The van der Waals surface area contributed by atoms with Gasteiger partial charge in [-0.15, -0.1) is 0 Å². The number of rotatable bonds is 5. The van der Waals surface area contributed by atoms with E-state index in [2.05, 4.69) is 10.6 Å². The molecular weight excluding hydrogens is 276 g/mol. The van der Waals surface area contributed by atoms with Crippen LogP contribution in [-0.2, 0) is 4.74 Å². The summed E-state index contributed by atoms with van der Waals surface area (Å²) in [7, 11) is 4.58. The summed E-state index contributed by atoms with van der Waals surface area (Å²) in [6.45, 7) is 1.22. The molecule has 0 saturated carbocycles. The Morgan fingerprint density at radius 2 is 1.86 bits per heavy atom. The molecule has 0 aliphatic carbocycles. The highest BCUT2D eigenvalue weighted by molar-refractivity contribution is 5.90. The summed E-state index contributed by atoms with van der Waals surface area (Å²) in [5.74, 6) is 1.45. The largest absolute Gasteiger partial charge is 0.493 e. The third-order valence-corrected chi connectivity index (χ3v) is 3.19. The molecule has 0 radical (unpaired) electrons. The first-order valence-electron chi connectivity index (χ1n) is 6.63. The van der Waals surface area contributed by atoms with Gasteiger partial charge in [-0.25, -0.2) is 4.79 Å². The van der Waals surface area contributed by atoms with Gasteiger partial charge >= 0.3 is 6.03 Å². The van der Waals surface area contributed by atoms with E-state index in [1.807, 2.05) is 0 Å². The quantitative estimate of drug-likeness (QED) is 0.863. The van der Waals surface area contributed by atoms with Crippen molar-refractivity contribution in [1.82, 2.24) is 5.32 Å². The second-order valence-corrected chi connectivity index (χ2v) is 4.57. The lowest BCUT2D eigenvalue weighted by Crippen LogP contribution is -2.38. The molecule has 0 bridgehead atoms. The molecule has 2 amide bonds. The van der Waals surface area contributed by atoms with Crippen LogP contribution in [0.5, 0.6) is 17.2 Å². The average Bonchev–Trinajstić information content (AvgIpc) is 2.98. The van der Waals surface area contributed by atoms with Crippen molar-refractivity contribution in [2.75, 3.05) is 39.9 Å². The van der Waals surface area contributed by atoms with E-state index in [4.69, 9.17) is 18.9 Å². The van der Waals surface area contributed by atoms with Crippen molar-refractivity contribution in [3.05, 3.63) is 12.1 Å². The minimum Gasteiger partial charge on any atom is -0.493 e. The maximum atomic E-state index is 11.9. The zero-order chi connectivity index (χ0) is 15.2. The number of anilines is 1. The Morgan fingerprint density at radius 3 is 2.33 bits per heavy atom. The summed E-state index contributed by atoms with van der Waals surface area (Å²) >= 11 is 0. The summed E-state index contributed by atoms with van der Waals surface area (Å²) in [5.41, 5.74) is 0.556. The average molecular weight is 296 g/mol. The lowest BCUT2D eigenvalue weighted by molar-refractivity contribution is 0.189. The molecule has 1 aliphatic heterocycles. The van der Waals surface area contributed by atoms with Crippen LogP contribution < -0.4 is 24.8 Å². The van der Waals surface area contributed by atoms with Crippen LogP contribution in [-0.4, -0.2) is 46.6 Å². The van der Waals surface area contributed by atoms with E-state index in [1.165, 1.54) is 21.3 Å². The van der Waals surface area contributed by atoms with Gasteiger partial charge in [-0.2, -0.15) is 0 Å². The number of hydrogen-bond acceptors (Lipinski definition) is 5. The lowest BCUT2D eigenvalue weighted by atomic mass is 10.2. The standard InChI is InChI=1S/C14H20N2O5/c1-18-11-6-10(7-12(19-2)13(11)20-3)16-14(17)15-9-4-5-21-8-9/h6-7,9H,4-5,8H2,1-3H3,(H2,15,16,17). The summed E-state index contributed by atoms with van der Waals surface area (Å²) in [6, 6.07) is 3.10. The predicted molar refractivity (Wildman–Crippen MR) is 77.5 cm³/mol. The SMILES string of the molecule is COc1cc(NC(=O)NC2CCOC2)cc(OC)c1OC. The second kappa shape index (κ2) is 7.03. The molecule has 1 aliphatic rings. The van der Waals surface area contributed by atoms with E-state index in [0.29, 0.717) is 36.1 Å². The van der Waals surface area contributed by atoms with Crippen molar-refractivity contribution in [1.29, 1.82) is 0 Å². The van der Waals surface area contributed by atoms with Crippen molar-refractivity contribution in [3.63, 3.8) is 0 Å². The van der Waals surface area contributed by atoms with Crippen molar-refractivity contribution in [3.8, 4) is 17.2 Å². The number of carbonyl (C=O) groups is 1. The van der Waals surface area contributed by atoms with Crippen LogP contribution in [0.1, 0.15) is 6.42 Å². The zero-order valence-electron chi connectivity index (χ0n) is 12.4. The molecule has 0 aromatic heterocycles. The zero-order valence-corrected chi connectivity index (χ0v) is 12.4. The highest BCUT2D eigenvalue weighted by atomic mass is 16.5. The Labute approximate surface area is 123 Å². The van der Waals surface area contributed by atoms with Gasteiger partial charge in [-0.05, 0) is 6.42 Å². The van der Waals surface area contributed by atoms with Crippen LogP contribution in [0.3, 0.4) is 0 Å². The number of carbonyl (C=O) groups excluding carboxylic acids is 1. The Morgan fingerprint density at radius 1 is 1.19 bits per heavy atom. The van der Waals surface area contributed by atoms with Crippen LogP contribution >= 0.6 is 0 Å². The summed E-state index contributed by atoms with van der Waals surface area (Å²) in [5, 5.41) is 5.59. The Bertz CT molecular complexity index is 475. The number of nitrogens with one attached hydrogen (secondary N) is 2. The monoisotopic (exact) mass is 296 g/mol. The lowest BCUT2D eigenvalue weighted by Gasteiger charge is -2.16. The Hall–Kier alpha value is -2.15. The number of benzene rings is 1. The normalized spacial score (nSPS) is 17.2. The number of ether oxygens (including phenoxy) is 4. The first kappa shape index (κ1) is 15.2. The van der Waals surface area contributed by atoms with Crippen molar-refractivity contribution < 1.29 is 23.7 Å². The van der Waals surface area contributed by atoms with Crippen LogP contribution in [0.15, 0.2) is 12.1 Å². The summed E-state index contributed by atoms with van der Waals surface area (Å²) in [4.78, 5) is 11.9. The molecule has 1 heterocycles. The second-order valence-electron chi connectivity index (χ2n) is 4.57. The van der Waals surface area contributed by atoms with Gasteiger partial charge in [0.25, 0.3) is 0 Å². The Kier molecular flexibility index (Phi) is 5.10. The molecule has 1 atom stereocenters. The van der Waals surface area contributed by atoms with Crippen LogP contribution in [0, 0.1) is 0 Å². The smallest absolute Gasteiger partial charge is 0.319 e. The summed E-state index contributed by atoms with van der Waals surface area (Å²) < 4.78 is 20.9. The molecule has 7 nitrogen and oxygen atoms in total. The van der Waals surface area contributed by atoms with E-state index < -0.39 is 0 Å². The molecule has 1 saturated heterocycles. The maximum Gasteiger partial charge on any atom is 0.319 e. The molecule has 0 spiro atoms. The number of urea groups is 1. The fraction of sp³-hybridized carbons (Fsp3) is 0.500. The van der Waals surface area contributed by atoms with Gasteiger partial charge in [0.05, 0.1) is 39.7 Å². The van der Waals surface area contributed by atoms with E-state index >= 15 is 0 Å². The molecule has 1 fully saturated rings. The highest BCUT2D eigenvalue weighted by Gasteiger charge is 2.19. The van der Waals surface area contributed by atoms with Crippen molar-refractivity contribution in [2.24, 2.45) is 0 Å². The van der Waals surface area contributed by atoms with Gasteiger partial charge in [0.2, 0.25) is 5.75 Å². The Balaban J connectivity index is 2.09. The molecule has 116 valence electrons. The number of amides is 2. The molecule has 1 aromatic carbocycles. The topological polar surface area (TPSA) is 78.1 Å². The van der Waals surface area contributed by atoms with Crippen LogP contribution in [0.4, 0.5) is 10.5 Å². The molecular formula is C14H20N2O5. The van der Waals surface area contributed by atoms with Crippen LogP contribution in [0.25, 0.3) is 0 Å². The van der Waals surface area contributed by atoms with Crippen molar-refractivity contribution >= 4 is 11.7 Å². The molecule has 21 heavy (non-hydrogen) atoms. The minimum atomic E-state index is -0.292. The fourth-order valence-electron chi connectivity index (χ4n) is 2.15. The fourth-order valence-corrected chi connectivity index (χ4v) is 2.15. The van der Waals surface area contributed by atoms with Gasteiger partial charge in [0.1, 0.15) is 0 Å². The first-order chi connectivity index (χ1) is 10.2. The van der Waals surface area contributed by atoms with E-state index in [-0.39, 0.29) is 12.1 Å². The first-order valence-corrected chi connectivity index (χ1v) is 6.63. The molecule has 1 unspecified atom stereocenters. The van der Waals surface area contributed by atoms with Gasteiger partial charge < -0.3 is 29.6 Å².